The van der Waals surface area contributed by atoms with E-state index in [4.69, 9.17) is 0 Å². The Morgan fingerprint density at radius 3 is 2.55 bits per heavy atom. The zero-order valence-electron chi connectivity index (χ0n) is 16.2. The molecule has 1 N–H and O–H groups in total. The van der Waals surface area contributed by atoms with Gasteiger partial charge in [0.2, 0.25) is 0 Å². The number of nitriles is 1. The van der Waals surface area contributed by atoms with E-state index in [2.05, 4.69) is 20.6 Å². The molecule has 0 saturated heterocycles. The number of benzene rings is 1. The Bertz CT molecular complexity index is 1210. The van der Waals surface area contributed by atoms with Crippen LogP contribution in [0.15, 0.2) is 52.6 Å². The molecule has 29 heavy (non-hydrogen) atoms. The topological polar surface area (TPSA) is 113 Å². The summed E-state index contributed by atoms with van der Waals surface area (Å²) in [6.45, 7) is 5.37. The molecule has 2 heterocycles. The number of hydrogen-bond acceptors (Lipinski definition) is 6. The molecule has 1 aromatic carbocycles. The molecule has 0 spiro atoms. The van der Waals surface area contributed by atoms with Crippen LogP contribution in [-0.4, -0.2) is 26.9 Å². The number of rotatable bonds is 4. The summed E-state index contributed by atoms with van der Waals surface area (Å²) in [5, 5.41) is 17.5. The molecule has 3 aromatic rings. The predicted molar refractivity (Wildman–Crippen MR) is 108 cm³/mol. The highest BCUT2D eigenvalue weighted by molar-refractivity contribution is 5.94. The van der Waals surface area contributed by atoms with Gasteiger partial charge in [0, 0.05) is 18.0 Å². The molecule has 144 valence electrons. The summed E-state index contributed by atoms with van der Waals surface area (Å²) in [6.07, 6.45) is 4.67. The molecule has 3 rings (SSSR count). The Hall–Kier alpha value is -4.12. The van der Waals surface area contributed by atoms with Gasteiger partial charge >= 0.3 is 0 Å². The van der Waals surface area contributed by atoms with Crippen LogP contribution in [0.2, 0.25) is 0 Å². The summed E-state index contributed by atoms with van der Waals surface area (Å²) in [5.74, 6) is -0.623. The standard InChI is InChI=1S/C21H18N6O2/c1-13-4-5-17(10-14(13)2)27-21(29)18(11-22)15(3)19(26-27)20(28)25-24-12-16-6-8-23-9-7-16/h4-10,12H,1-3H3,(H,25,28)/b24-12+. The first-order valence-corrected chi connectivity index (χ1v) is 8.77. The fourth-order valence-corrected chi connectivity index (χ4v) is 2.65. The minimum atomic E-state index is -0.623. The molecule has 0 radical (unpaired) electrons. The number of hydrogen-bond donors (Lipinski definition) is 1. The molecule has 0 bridgehead atoms. The molecule has 0 fully saturated rings. The molecule has 0 atom stereocenters. The predicted octanol–water partition coefficient (Wildman–Crippen LogP) is 2.19. The van der Waals surface area contributed by atoms with Gasteiger partial charge in [-0.2, -0.15) is 20.1 Å². The molecular weight excluding hydrogens is 368 g/mol. The number of amides is 1. The number of hydrazone groups is 1. The fourth-order valence-electron chi connectivity index (χ4n) is 2.65. The van der Waals surface area contributed by atoms with E-state index in [-0.39, 0.29) is 16.8 Å². The van der Waals surface area contributed by atoms with Crippen LogP contribution < -0.4 is 11.0 Å². The lowest BCUT2D eigenvalue weighted by atomic mass is 10.1. The first kappa shape index (κ1) is 19.6. The van der Waals surface area contributed by atoms with Gasteiger partial charge in [-0.05, 0) is 61.7 Å². The van der Waals surface area contributed by atoms with Gasteiger partial charge in [-0.1, -0.05) is 6.07 Å². The van der Waals surface area contributed by atoms with E-state index in [9.17, 15) is 14.9 Å². The van der Waals surface area contributed by atoms with Crippen molar-refractivity contribution in [2.45, 2.75) is 20.8 Å². The van der Waals surface area contributed by atoms with E-state index in [1.807, 2.05) is 26.0 Å². The van der Waals surface area contributed by atoms with E-state index in [0.717, 1.165) is 21.4 Å². The van der Waals surface area contributed by atoms with Gasteiger partial charge in [-0.25, -0.2) is 5.43 Å². The summed E-state index contributed by atoms with van der Waals surface area (Å²) in [6, 6.07) is 10.7. The number of aryl methyl sites for hydroxylation is 2. The molecule has 0 saturated carbocycles. The average Bonchev–Trinajstić information content (AvgIpc) is 2.71. The maximum Gasteiger partial charge on any atom is 0.292 e. The monoisotopic (exact) mass is 386 g/mol. The molecule has 0 aliphatic carbocycles. The highest BCUT2D eigenvalue weighted by Gasteiger charge is 2.20. The van der Waals surface area contributed by atoms with Crippen LogP contribution in [-0.2, 0) is 0 Å². The summed E-state index contributed by atoms with van der Waals surface area (Å²) >= 11 is 0. The van der Waals surface area contributed by atoms with Crippen LogP contribution in [0.25, 0.3) is 5.69 Å². The smallest absolute Gasteiger partial charge is 0.266 e. The molecule has 2 aromatic heterocycles. The van der Waals surface area contributed by atoms with Crippen LogP contribution >= 0.6 is 0 Å². The zero-order valence-corrected chi connectivity index (χ0v) is 16.2. The van der Waals surface area contributed by atoms with Crippen LogP contribution in [0.4, 0.5) is 0 Å². The Kier molecular flexibility index (Phi) is 5.60. The second-order valence-electron chi connectivity index (χ2n) is 6.43. The lowest BCUT2D eigenvalue weighted by Gasteiger charge is -2.11. The number of carbonyl (C=O) groups is 1. The molecule has 0 aliphatic heterocycles. The zero-order chi connectivity index (χ0) is 21.0. The number of pyridine rings is 1. The SMILES string of the molecule is Cc1ccc(-n2nc(C(=O)N/N=C/c3ccncc3)c(C)c(C#N)c2=O)cc1C. The number of nitrogens with one attached hydrogen (secondary N) is 1. The Balaban J connectivity index is 2.01. The quantitative estimate of drug-likeness (QED) is 0.545. The van der Waals surface area contributed by atoms with Gasteiger partial charge < -0.3 is 0 Å². The van der Waals surface area contributed by atoms with Crippen molar-refractivity contribution < 1.29 is 4.79 Å². The largest absolute Gasteiger partial charge is 0.292 e. The maximum atomic E-state index is 12.7. The van der Waals surface area contributed by atoms with E-state index >= 15 is 0 Å². The second-order valence-corrected chi connectivity index (χ2v) is 6.43. The lowest BCUT2D eigenvalue weighted by molar-refractivity contribution is 0.0947. The van der Waals surface area contributed by atoms with E-state index in [1.165, 1.54) is 13.1 Å². The third-order valence-corrected chi connectivity index (χ3v) is 4.48. The summed E-state index contributed by atoms with van der Waals surface area (Å²) in [7, 11) is 0. The Morgan fingerprint density at radius 2 is 1.90 bits per heavy atom. The first-order chi connectivity index (χ1) is 13.9. The minimum Gasteiger partial charge on any atom is -0.266 e. The van der Waals surface area contributed by atoms with E-state index in [0.29, 0.717) is 5.69 Å². The highest BCUT2D eigenvalue weighted by Crippen LogP contribution is 2.14. The first-order valence-electron chi connectivity index (χ1n) is 8.77. The van der Waals surface area contributed by atoms with Gasteiger partial charge in [-0.3, -0.25) is 14.6 Å². The molecule has 8 nitrogen and oxygen atoms in total. The van der Waals surface area contributed by atoms with Crippen LogP contribution in [0.5, 0.6) is 0 Å². The van der Waals surface area contributed by atoms with Gasteiger partial charge in [0.05, 0.1) is 11.9 Å². The Morgan fingerprint density at radius 1 is 1.17 bits per heavy atom. The van der Waals surface area contributed by atoms with Crippen LogP contribution in [0.3, 0.4) is 0 Å². The average molecular weight is 386 g/mol. The van der Waals surface area contributed by atoms with Gasteiger partial charge in [0.1, 0.15) is 11.6 Å². The Labute approximate surface area is 167 Å². The molecule has 1 amide bonds. The summed E-state index contributed by atoms with van der Waals surface area (Å²) < 4.78 is 1.07. The van der Waals surface area contributed by atoms with E-state index in [1.54, 1.807) is 36.7 Å². The van der Waals surface area contributed by atoms with Gasteiger partial charge in [0.25, 0.3) is 11.5 Å². The van der Waals surface area contributed by atoms with Crippen molar-refractivity contribution in [1.29, 1.82) is 5.26 Å². The van der Waals surface area contributed by atoms with Crippen molar-refractivity contribution in [3.05, 3.63) is 86.6 Å². The van der Waals surface area contributed by atoms with Crippen molar-refractivity contribution in [2.75, 3.05) is 0 Å². The van der Waals surface area contributed by atoms with Gasteiger partial charge in [-0.15, -0.1) is 0 Å². The number of aromatic nitrogens is 3. The fraction of sp³-hybridized carbons (Fsp3) is 0.143. The normalized spacial score (nSPS) is 10.7. The van der Waals surface area contributed by atoms with Gasteiger partial charge in [0.15, 0.2) is 5.69 Å². The maximum absolute atomic E-state index is 12.7. The van der Waals surface area contributed by atoms with Crippen molar-refractivity contribution in [3.8, 4) is 11.8 Å². The molecule has 8 heteroatoms. The third-order valence-electron chi connectivity index (χ3n) is 4.48. The summed E-state index contributed by atoms with van der Waals surface area (Å²) in [5.41, 5.74) is 5.06. The second kappa shape index (κ2) is 8.27. The molecule has 0 unspecified atom stereocenters. The van der Waals surface area contributed by atoms with Crippen molar-refractivity contribution in [1.82, 2.24) is 20.2 Å². The third kappa shape index (κ3) is 4.09. The lowest BCUT2D eigenvalue weighted by Crippen LogP contribution is -2.31. The molecular formula is C21H18N6O2. The van der Waals surface area contributed by atoms with Crippen molar-refractivity contribution in [3.63, 3.8) is 0 Å². The minimum absolute atomic E-state index is 0.0498. The van der Waals surface area contributed by atoms with Crippen LogP contribution in [0, 0.1) is 32.1 Å². The number of nitrogens with zero attached hydrogens (tertiary/aromatic N) is 5. The van der Waals surface area contributed by atoms with Crippen molar-refractivity contribution >= 4 is 12.1 Å². The molecule has 0 aliphatic rings. The van der Waals surface area contributed by atoms with Crippen molar-refractivity contribution in [2.24, 2.45) is 5.10 Å². The van der Waals surface area contributed by atoms with Crippen LogP contribution in [0.1, 0.15) is 38.3 Å². The highest BCUT2D eigenvalue weighted by atomic mass is 16.2. The summed E-state index contributed by atoms with van der Waals surface area (Å²) in [4.78, 5) is 29.2. The number of carbonyl (C=O) groups excluding carboxylic acids is 1. The van der Waals surface area contributed by atoms with E-state index < -0.39 is 11.5 Å².